The zero-order valence-corrected chi connectivity index (χ0v) is 18.2. The number of phenolic OH excluding ortho intramolecular Hbond substituents is 1. The van der Waals surface area contributed by atoms with E-state index < -0.39 is 30.6 Å². The monoisotopic (exact) mass is 472 g/mol. The molecule has 3 aromatic rings. The van der Waals surface area contributed by atoms with Gasteiger partial charge in [0.05, 0.1) is 18.2 Å². The number of aryl methyl sites for hydroxylation is 1. The van der Waals surface area contributed by atoms with Gasteiger partial charge in [-0.1, -0.05) is 54.1 Å². The molecule has 0 saturated heterocycles. The second kappa shape index (κ2) is 10.7. The van der Waals surface area contributed by atoms with E-state index in [0.29, 0.717) is 5.56 Å². The third-order valence-electron chi connectivity index (χ3n) is 4.95. The fraction of sp³-hybridized carbons (Fsp3) is 0.200. The number of amides is 2. The first kappa shape index (κ1) is 24.6. The lowest BCUT2D eigenvalue weighted by Gasteiger charge is -2.21. The first-order valence-corrected chi connectivity index (χ1v) is 10.4. The number of carbonyl (C=O) groups is 2. The van der Waals surface area contributed by atoms with Gasteiger partial charge in [0, 0.05) is 5.56 Å². The highest BCUT2D eigenvalue weighted by molar-refractivity contribution is 6.05. The van der Waals surface area contributed by atoms with E-state index in [1.807, 2.05) is 19.1 Å². The van der Waals surface area contributed by atoms with Gasteiger partial charge in [-0.25, -0.2) is 4.79 Å². The first-order valence-electron chi connectivity index (χ1n) is 10.4. The van der Waals surface area contributed by atoms with Crippen LogP contribution in [0.5, 0.6) is 5.75 Å². The molecule has 2 amide bonds. The predicted molar refractivity (Wildman–Crippen MR) is 120 cm³/mol. The zero-order chi connectivity index (χ0) is 24.7. The van der Waals surface area contributed by atoms with E-state index in [0.717, 1.165) is 5.56 Å². The van der Waals surface area contributed by atoms with Crippen LogP contribution in [0, 0.1) is 6.92 Å². The van der Waals surface area contributed by atoms with Crippen LogP contribution in [-0.2, 0) is 11.3 Å². The average Bonchev–Trinajstić information content (AvgIpc) is 2.79. The van der Waals surface area contributed by atoms with E-state index in [-0.39, 0.29) is 29.2 Å². The molecule has 0 aliphatic carbocycles. The molecule has 178 valence electrons. The number of nitrogens with one attached hydrogen (secondary N) is 2. The van der Waals surface area contributed by atoms with Gasteiger partial charge in [-0.2, -0.15) is 13.2 Å². The van der Waals surface area contributed by atoms with Crippen molar-refractivity contribution >= 4 is 17.7 Å². The molecule has 0 radical (unpaired) electrons. The molecule has 0 aliphatic heterocycles. The molecule has 34 heavy (non-hydrogen) atoms. The molecule has 0 saturated carbocycles. The van der Waals surface area contributed by atoms with E-state index in [1.54, 1.807) is 24.3 Å². The maximum absolute atomic E-state index is 13.1. The third-order valence-corrected chi connectivity index (χ3v) is 4.95. The second-order valence-electron chi connectivity index (χ2n) is 7.67. The number of halogens is 3. The second-order valence-corrected chi connectivity index (χ2v) is 7.67. The summed E-state index contributed by atoms with van der Waals surface area (Å²) < 4.78 is 44.5. The number of ether oxygens (including phenoxy) is 1. The largest absolute Gasteiger partial charge is 0.506 e. The topological polar surface area (TPSA) is 87.7 Å². The number of hydrogen-bond donors (Lipinski definition) is 3. The smallest absolute Gasteiger partial charge is 0.407 e. The highest BCUT2D eigenvalue weighted by Crippen LogP contribution is 2.30. The number of aromatic hydroxyl groups is 1. The summed E-state index contributed by atoms with van der Waals surface area (Å²) in [5.41, 5.74) is 2.25. The minimum Gasteiger partial charge on any atom is -0.506 e. The molecule has 1 atom stereocenters. The number of para-hydroxylation sites is 2. The van der Waals surface area contributed by atoms with Crippen molar-refractivity contribution in [1.82, 2.24) is 5.32 Å². The van der Waals surface area contributed by atoms with Crippen LogP contribution in [0.4, 0.5) is 23.7 Å². The summed E-state index contributed by atoms with van der Waals surface area (Å²) in [6.45, 7) is 1.82. The summed E-state index contributed by atoms with van der Waals surface area (Å²) in [6.07, 6.45) is -6.84. The molecule has 0 fully saturated rings. The third kappa shape index (κ3) is 7.26. The molecular weight excluding hydrogens is 449 g/mol. The number of benzene rings is 3. The normalized spacial score (nSPS) is 12.0. The summed E-state index contributed by atoms with van der Waals surface area (Å²) in [5.74, 6) is -0.669. The lowest BCUT2D eigenvalue weighted by Crippen LogP contribution is -2.32. The highest BCUT2D eigenvalue weighted by atomic mass is 19.4. The molecule has 3 N–H and O–H groups in total. The number of phenols is 1. The van der Waals surface area contributed by atoms with Crippen LogP contribution >= 0.6 is 0 Å². The molecule has 3 aromatic carbocycles. The van der Waals surface area contributed by atoms with E-state index in [9.17, 15) is 27.9 Å². The number of carbonyl (C=O) groups excluding carboxylic acids is 2. The van der Waals surface area contributed by atoms with Crippen molar-refractivity contribution in [1.29, 1.82) is 0 Å². The summed E-state index contributed by atoms with van der Waals surface area (Å²) in [5, 5.41) is 14.5. The Morgan fingerprint density at radius 2 is 1.62 bits per heavy atom. The van der Waals surface area contributed by atoms with Gasteiger partial charge in [-0.3, -0.25) is 4.79 Å². The minimum atomic E-state index is -4.55. The Morgan fingerprint density at radius 1 is 0.971 bits per heavy atom. The van der Waals surface area contributed by atoms with Gasteiger partial charge in [0.1, 0.15) is 12.4 Å². The molecule has 0 aliphatic rings. The van der Waals surface area contributed by atoms with E-state index in [2.05, 4.69) is 10.6 Å². The lowest BCUT2D eigenvalue weighted by molar-refractivity contribution is -0.140. The van der Waals surface area contributed by atoms with Gasteiger partial charge in [0.25, 0.3) is 5.91 Å². The van der Waals surface area contributed by atoms with Crippen LogP contribution in [0.2, 0.25) is 0 Å². The maximum Gasteiger partial charge on any atom is 0.407 e. The fourth-order valence-corrected chi connectivity index (χ4v) is 3.14. The molecule has 9 heteroatoms. The van der Waals surface area contributed by atoms with Crippen molar-refractivity contribution in [3.8, 4) is 5.75 Å². The molecule has 0 unspecified atom stereocenters. The van der Waals surface area contributed by atoms with Gasteiger partial charge in [0.15, 0.2) is 0 Å². The number of hydrogen-bond acceptors (Lipinski definition) is 4. The van der Waals surface area contributed by atoms with E-state index >= 15 is 0 Å². The van der Waals surface area contributed by atoms with Crippen molar-refractivity contribution in [3.05, 3.63) is 95.1 Å². The Labute approximate surface area is 194 Å². The van der Waals surface area contributed by atoms with Gasteiger partial charge in [0.2, 0.25) is 0 Å². The predicted octanol–water partition coefficient (Wildman–Crippen LogP) is 5.87. The molecule has 6 nitrogen and oxygen atoms in total. The molecular formula is C25H23F3N2O4. The number of alkyl carbamates (subject to hydrolysis) is 1. The van der Waals surface area contributed by atoms with Crippen molar-refractivity contribution < 1.29 is 32.6 Å². The summed E-state index contributed by atoms with van der Waals surface area (Å²) in [7, 11) is 0. The molecule has 0 bridgehead atoms. The standard InChI is InChI=1S/C25H23F3N2O4/c1-16-6-8-17(9-7-16)15-34-24(33)30-21(14-25(26,27)28)18-10-12-19(13-11-18)23(32)29-20-4-2-3-5-22(20)31/h2-13,21,31H,14-15H2,1H3,(H,29,32)(H,30,33)/t21-/m1/s1. The SMILES string of the molecule is Cc1ccc(COC(=O)N[C@H](CC(F)(F)F)c2ccc(C(=O)Nc3ccccc3O)cc2)cc1. The van der Waals surface area contributed by atoms with Gasteiger partial charge in [-0.15, -0.1) is 0 Å². The first-order chi connectivity index (χ1) is 16.1. The average molecular weight is 472 g/mol. The van der Waals surface area contributed by atoms with Crippen LogP contribution in [0.1, 0.15) is 39.5 Å². The maximum atomic E-state index is 13.1. The van der Waals surface area contributed by atoms with Gasteiger partial charge < -0.3 is 20.5 Å². The Kier molecular flexibility index (Phi) is 7.78. The Morgan fingerprint density at radius 3 is 2.24 bits per heavy atom. The van der Waals surface area contributed by atoms with Crippen LogP contribution in [0.25, 0.3) is 0 Å². The lowest BCUT2D eigenvalue weighted by atomic mass is 10.0. The van der Waals surface area contributed by atoms with Crippen LogP contribution in [0.15, 0.2) is 72.8 Å². The van der Waals surface area contributed by atoms with Gasteiger partial charge >= 0.3 is 12.3 Å². The quantitative estimate of drug-likeness (QED) is 0.375. The minimum absolute atomic E-state index is 0.0870. The van der Waals surface area contributed by atoms with Crippen LogP contribution < -0.4 is 10.6 Å². The summed E-state index contributed by atoms with van der Waals surface area (Å²) in [4.78, 5) is 24.6. The summed E-state index contributed by atoms with van der Waals surface area (Å²) in [6, 6.07) is 17.3. The van der Waals surface area contributed by atoms with Gasteiger partial charge in [-0.05, 0) is 42.3 Å². The van der Waals surface area contributed by atoms with Crippen molar-refractivity contribution in [2.75, 3.05) is 5.32 Å². The van der Waals surface area contributed by atoms with Crippen molar-refractivity contribution in [2.45, 2.75) is 32.2 Å². The van der Waals surface area contributed by atoms with Crippen molar-refractivity contribution in [2.24, 2.45) is 0 Å². The van der Waals surface area contributed by atoms with Crippen LogP contribution in [-0.4, -0.2) is 23.3 Å². The Balaban J connectivity index is 1.67. The Hall–Kier alpha value is -4.01. The number of alkyl halides is 3. The molecule has 0 heterocycles. The van der Waals surface area contributed by atoms with Crippen molar-refractivity contribution in [3.63, 3.8) is 0 Å². The zero-order valence-electron chi connectivity index (χ0n) is 18.2. The molecule has 0 spiro atoms. The molecule has 3 rings (SSSR count). The van der Waals surface area contributed by atoms with E-state index in [4.69, 9.17) is 4.74 Å². The number of anilines is 1. The highest BCUT2D eigenvalue weighted by Gasteiger charge is 2.34. The van der Waals surface area contributed by atoms with E-state index in [1.165, 1.54) is 36.4 Å². The molecule has 0 aromatic heterocycles. The summed E-state index contributed by atoms with van der Waals surface area (Å²) >= 11 is 0. The van der Waals surface area contributed by atoms with Crippen LogP contribution in [0.3, 0.4) is 0 Å². The Bertz CT molecular complexity index is 1130. The number of rotatable bonds is 7. The fourth-order valence-electron chi connectivity index (χ4n) is 3.14.